The highest BCUT2D eigenvalue weighted by molar-refractivity contribution is 5.96. The Morgan fingerprint density at radius 2 is 1.80 bits per heavy atom. The summed E-state index contributed by atoms with van der Waals surface area (Å²) in [7, 11) is 2.08. The average molecular weight is 271 g/mol. The molecule has 0 saturated carbocycles. The molecule has 0 aliphatic carbocycles. The number of hydrogen-bond donors (Lipinski definition) is 1. The van der Waals surface area contributed by atoms with Gasteiger partial charge in [-0.25, -0.2) is 5.01 Å². The van der Waals surface area contributed by atoms with E-state index in [1.54, 1.807) is 24.5 Å². The molecule has 6 heteroatoms. The number of hydrazine groups is 1. The highest BCUT2D eigenvalue weighted by Crippen LogP contribution is 2.11. The summed E-state index contributed by atoms with van der Waals surface area (Å²) >= 11 is 0. The lowest BCUT2D eigenvalue weighted by molar-refractivity contribution is 0.0662. The Morgan fingerprint density at radius 3 is 2.55 bits per heavy atom. The Morgan fingerprint density at radius 1 is 1.10 bits per heavy atom. The van der Waals surface area contributed by atoms with Crippen molar-refractivity contribution in [1.82, 2.24) is 25.3 Å². The third-order valence-corrected chi connectivity index (χ3v) is 3.49. The van der Waals surface area contributed by atoms with E-state index in [4.69, 9.17) is 0 Å². The van der Waals surface area contributed by atoms with E-state index >= 15 is 0 Å². The standard InChI is InChI=1S/C14H17N5O/c1-18-6-8-19(9-7-18)17-14(20)11-2-3-12-13(10-11)16-5-4-15-12/h2-5,10H,6-9H2,1H3,(H,17,20). The SMILES string of the molecule is CN1CCN(NC(=O)c2ccc3nccnc3c2)CC1. The Labute approximate surface area is 117 Å². The van der Waals surface area contributed by atoms with Crippen molar-refractivity contribution < 1.29 is 4.79 Å². The smallest absolute Gasteiger partial charge is 0.265 e. The van der Waals surface area contributed by atoms with Gasteiger partial charge in [0.05, 0.1) is 11.0 Å². The Hall–Kier alpha value is -2.05. The third-order valence-electron chi connectivity index (χ3n) is 3.49. The average Bonchev–Trinajstić information content (AvgIpc) is 2.49. The Kier molecular flexibility index (Phi) is 3.58. The summed E-state index contributed by atoms with van der Waals surface area (Å²) in [5.74, 6) is -0.0953. The second-order valence-corrected chi connectivity index (χ2v) is 4.99. The predicted octanol–water partition coefficient (Wildman–Crippen LogP) is 0.522. The molecular weight excluding hydrogens is 254 g/mol. The number of rotatable bonds is 2. The number of carbonyl (C=O) groups excluding carboxylic acids is 1. The molecule has 0 atom stereocenters. The van der Waals surface area contributed by atoms with E-state index in [-0.39, 0.29) is 5.91 Å². The lowest BCUT2D eigenvalue weighted by Gasteiger charge is -2.32. The zero-order valence-corrected chi connectivity index (χ0v) is 11.4. The van der Waals surface area contributed by atoms with Crippen LogP contribution >= 0.6 is 0 Å². The largest absolute Gasteiger partial charge is 0.304 e. The lowest BCUT2D eigenvalue weighted by Crippen LogP contribution is -2.52. The van der Waals surface area contributed by atoms with Crippen LogP contribution in [-0.2, 0) is 0 Å². The summed E-state index contributed by atoms with van der Waals surface area (Å²) in [6.07, 6.45) is 3.27. The van der Waals surface area contributed by atoms with Crippen LogP contribution in [0.15, 0.2) is 30.6 Å². The van der Waals surface area contributed by atoms with Gasteiger partial charge in [-0.1, -0.05) is 0 Å². The quantitative estimate of drug-likeness (QED) is 0.863. The zero-order chi connectivity index (χ0) is 13.9. The molecule has 1 aromatic carbocycles. The Bertz CT molecular complexity index is 622. The number of nitrogens with zero attached hydrogens (tertiary/aromatic N) is 4. The number of amides is 1. The molecule has 1 saturated heterocycles. The number of hydrogen-bond acceptors (Lipinski definition) is 5. The molecule has 0 spiro atoms. The molecule has 1 amide bonds. The predicted molar refractivity (Wildman–Crippen MR) is 76.1 cm³/mol. The number of fused-ring (bicyclic) bond motifs is 1. The van der Waals surface area contributed by atoms with Gasteiger partial charge in [0, 0.05) is 44.1 Å². The normalized spacial score (nSPS) is 17.2. The number of benzene rings is 1. The van der Waals surface area contributed by atoms with Crippen LogP contribution < -0.4 is 5.43 Å². The molecule has 1 aliphatic heterocycles. The molecule has 0 radical (unpaired) electrons. The molecule has 1 N–H and O–H groups in total. The number of likely N-dealkylation sites (N-methyl/N-ethyl adjacent to an activating group) is 1. The molecule has 1 aliphatic rings. The maximum atomic E-state index is 12.2. The van der Waals surface area contributed by atoms with Crippen LogP contribution in [0.3, 0.4) is 0 Å². The summed E-state index contributed by atoms with van der Waals surface area (Å²) in [4.78, 5) is 22.9. The molecule has 1 fully saturated rings. The lowest BCUT2D eigenvalue weighted by atomic mass is 10.2. The van der Waals surface area contributed by atoms with Gasteiger partial charge in [0.1, 0.15) is 0 Å². The van der Waals surface area contributed by atoms with Crippen LogP contribution in [0.4, 0.5) is 0 Å². The first-order chi connectivity index (χ1) is 9.72. The van der Waals surface area contributed by atoms with Crippen LogP contribution in [0, 0.1) is 0 Å². The summed E-state index contributed by atoms with van der Waals surface area (Å²) in [5.41, 5.74) is 5.08. The van der Waals surface area contributed by atoms with Gasteiger partial charge in [0.2, 0.25) is 0 Å². The van der Waals surface area contributed by atoms with Crippen molar-refractivity contribution in [3.05, 3.63) is 36.2 Å². The van der Waals surface area contributed by atoms with Gasteiger partial charge < -0.3 is 4.90 Å². The molecular formula is C14H17N5O. The van der Waals surface area contributed by atoms with Gasteiger partial charge in [-0.05, 0) is 25.2 Å². The van der Waals surface area contributed by atoms with Gasteiger partial charge in [0.25, 0.3) is 5.91 Å². The minimum atomic E-state index is -0.0953. The van der Waals surface area contributed by atoms with Crippen molar-refractivity contribution >= 4 is 16.9 Å². The van der Waals surface area contributed by atoms with E-state index in [0.29, 0.717) is 5.56 Å². The first-order valence-corrected chi connectivity index (χ1v) is 6.67. The van der Waals surface area contributed by atoms with Crippen LogP contribution in [0.1, 0.15) is 10.4 Å². The van der Waals surface area contributed by atoms with E-state index in [1.807, 2.05) is 11.1 Å². The van der Waals surface area contributed by atoms with E-state index in [0.717, 1.165) is 37.2 Å². The van der Waals surface area contributed by atoms with Gasteiger partial charge in [-0.15, -0.1) is 0 Å². The summed E-state index contributed by atoms with van der Waals surface area (Å²) < 4.78 is 0. The summed E-state index contributed by atoms with van der Waals surface area (Å²) in [6.45, 7) is 3.61. The second-order valence-electron chi connectivity index (χ2n) is 4.99. The van der Waals surface area contributed by atoms with Crippen LogP contribution in [0.25, 0.3) is 11.0 Å². The number of carbonyl (C=O) groups is 1. The first-order valence-electron chi connectivity index (χ1n) is 6.67. The Balaban J connectivity index is 1.72. The van der Waals surface area contributed by atoms with Crippen molar-refractivity contribution in [1.29, 1.82) is 0 Å². The molecule has 6 nitrogen and oxygen atoms in total. The number of nitrogens with one attached hydrogen (secondary N) is 1. The fraction of sp³-hybridized carbons (Fsp3) is 0.357. The van der Waals surface area contributed by atoms with Crippen LogP contribution in [0.2, 0.25) is 0 Å². The molecule has 104 valence electrons. The van der Waals surface area contributed by atoms with Crippen molar-refractivity contribution in [3.8, 4) is 0 Å². The highest BCUT2D eigenvalue weighted by Gasteiger charge is 2.16. The summed E-state index contributed by atoms with van der Waals surface area (Å²) in [5, 5.41) is 1.96. The minimum absolute atomic E-state index is 0.0953. The molecule has 0 bridgehead atoms. The van der Waals surface area contributed by atoms with Gasteiger partial charge in [-0.3, -0.25) is 20.2 Å². The van der Waals surface area contributed by atoms with Crippen molar-refractivity contribution in [3.63, 3.8) is 0 Å². The van der Waals surface area contributed by atoms with Crippen molar-refractivity contribution in [2.24, 2.45) is 0 Å². The number of aromatic nitrogens is 2. The highest BCUT2D eigenvalue weighted by atomic mass is 16.2. The molecule has 0 unspecified atom stereocenters. The first kappa shape index (κ1) is 13.0. The van der Waals surface area contributed by atoms with Gasteiger partial charge in [0.15, 0.2) is 0 Å². The van der Waals surface area contributed by atoms with Crippen molar-refractivity contribution in [2.75, 3.05) is 33.2 Å². The maximum absolute atomic E-state index is 12.2. The van der Waals surface area contributed by atoms with E-state index in [9.17, 15) is 4.79 Å². The van der Waals surface area contributed by atoms with Crippen molar-refractivity contribution in [2.45, 2.75) is 0 Å². The molecule has 20 heavy (non-hydrogen) atoms. The van der Waals surface area contributed by atoms with E-state index < -0.39 is 0 Å². The van der Waals surface area contributed by atoms with Gasteiger partial charge >= 0.3 is 0 Å². The van der Waals surface area contributed by atoms with E-state index in [1.165, 1.54) is 0 Å². The minimum Gasteiger partial charge on any atom is -0.304 e. The molecule has 2 aromatic rings. The fourth-order valence-electron chi connectivity index (χ4n) is 2.23. The van der Waals surface area contributed by atoms with Gasteiger partial charge in [-0.2, -0.15) is 0 Å². The topological polar surface area (TPSA) is 61.4 Å². The monoisotopic (exact) mass is 271 g/mol. The molecule has 2 heterocycles. The second kappa shape index (κ2) is 5.52. The third kappa shape index (κ3) is 2.76. The summed E-state index contributed by atoms with van der Waals surface area (Å²) in [6, 6.07) is 5.37. The van der Waals surface area contributed by atoms with Crippen LogP contribution in [-0.4, -0.2) is 59.0 Å². The molecule has 1 aromatic heterocycles. The number of piperazine rings is 1. The van der Waals surface area contributed by atoms with Crippen LogP contribution in [0.5, 0.6) is 0 Å². The fourth-order valence-corrected chi connectivity index (χ4v) is 2.23. The molecule has 3 rings (SSSR count). The zero-order valence-electron chi connectivity index (χ0n) is 11.4. The van der Waals surface area contributed by atoms with E-state index in [2.05, 4.69) is 27.3 Å². The maximum Gasteiger partial charge on any atom is 0.265 e.